The van der Waals surface area contributed by atoms with Crippen LogP contribution in [0.2, 0.25) is 0 Å². The summed E-state index contributed by atoms with van der Waals surface area (Å²) in [6.07, 6.45) is 0. The summed E-state index contributed by atoms with van der Waals surface area (Å²) in [5, 5.41) is 0. The molecule has 0 bridgehead atoms. The normalized spacial score (nSPS) is 19.1. The van der Waals surface area contributed by atoms with E-state index in [-0.39, 0.29) is 12.3 Å². The molecule has 0 N–H and O–H groups in total. The predicted octanol–water partition coefficient (Wildman–Crippen LogP) is 2.02. The second-order valence-electron chi connectivity index (χ2n) is 4.10. The molecule has 2 rings (SSSR count). The van der Waals surface area contributed by atoms with E-state index in [1.54, 1.807) is 6.92 Å². The lowest BCUT2D eigenvalue weighted by atomic mass is 10.1. The van der Waals surface area contributed by atoms with Gasteiger partial charge in [0.15, 0.2) is 5.78 Å². The third-order valence-corrected chi connectivity index (χ3v) is 3.57. The Bertz CT molecular complexity index is 475. The van der Waals surface area contributed by atoms with E-state index in [0.717, 1.165) is 10.2 Å². The van der Waals surface area contributed by atoms with E-state index in [1.165, 1.54) is 0 Å². The molecule has 1 fully saturated rings. The van der Waals surface area contributed by atoms with Gasteiger partial charge in [-0.25, -0.2) is 0 Å². The summed E-state index contributed by atoms with van der Waals surface area (Å²) in [4.78, 5) is 25.4. The third-order valence-electron chi connectivity index (χ3n) is 2.90. The van der Waals surface area contributed by atoms with Crippen LogP contribution in [-0.4, -0.2) is 31.4 Å². The molecule has 0 saturated carbocycles. The average molecular weight is 312 g/mol. The van der Waals surface area contributed by atoms with Crippen LogP contribution < -0.4 is 4.90 Å². The Morgan fingerprint density at radius 1 is 1.50 bits per heavy atom. The minimum absolute atomic E-state index is 0.0794. The third kappa shape index (κ3) is 2.56. The van der Waals surface area contributed by atoms with Crippen molar-refractivity contribution in [3.8, 4) is 0 Å². The maximum absolute atomic E-state index is 11.8. The van der Waals surface area contributed by atoms with Crippen LogP contribution in [-0.2, 0) is 14.3 Å². The average Bonchev–Trinajstić information content (AvgIpc) is 2.72. The number of hydrogen-bond acceptors (Lipinski definition) is 4. The first kappa shape index (κ1) is 13.1. The number of ketones is 1. The van der Waals surface area contributed by atoms with Crippen LogP contribution in [0.15, 0.2) is 28.7 Å². The fourth-order valence-corrected chi connectivity index (χ4v) is 2.56. The second-order valence-corrected chi connectivity index (χ2v) is 4.96. The zero-order valence-corrected chi connectivity index (χ0v) is 11.6. The van der Waals surface area contributed by atoms with Crippen LogP contribution >= 0.6 is 15.9 Å². The van der Waals surface area contributed by atoms with Crippen molar-refractivity contribution >= 4 is 33.4 Å². The van der Waals surface area contributed by atoms with Crippen molar-refractivity contribution < 1.29 is 14.3 Å². The Balaban J connectivity index is 2.14. The quantitative estimate of drug-likeness (QED) is 0.633. The molecule has 0 aromatic heterocycles. The number of nitrogens with zero attached hydrogens (tertiary/aromatic N) is 1. The van der Waals surface area contributed by atoms with Gasteiger partial charge in [0.2, 0.25) is 0 Å². The minimum atomic E-state index is -0.656. The number of ether oxygens (including phenoxy) is 1. The number of para-hydroxylation sites is 1. The molecule has 1 saturated heterocycles. The standard InChI is InChI=1S/C13H14BrNO3/c1-2-18-13(17)9-7-15(8-12(9)16)11-6-4-3-5-10(11)14/h3-6,9H,2,7-8H2,1H3. The Kier molecular flexibility index (Phi) is 4.01. The second kappa shape index (κ2) is 5.52. The zero-order chi connectivity index (χ0) is 13.1. The summed E-state index contributed by atoms with van der Waals surface area (Å²) in [5.41, 5.74) is 0.928. The molecule has 5 heteroatoms. The summed E-state index contributed by atoms with van der Waals surface area (Å²) in [6, 6.07) is 7.65. The Morgan fingerprint density at radius 2 is 2.22 bits per heavy atom. The van der Waals surface area contributed by atoms with Gasteiger partial charge in [-0.05, 0) is 35.0 Å². The first-order valence-corrected chi connectivity index (χ1v) is 6.61. The number of benzene rings is 1. The number of rotatable bonds is 3. The lowest BCUT2D eigenvalue weighted by Crippen LogP contribution is -2.25. The van der Waals surface area contributed by atoms with Crippen molar-refractivity contribution in [2.24, 2.45) is 5.92 Å². The molecule has 1 aromatic carbocycles. The van der Waals surface area contributed by atoms with E-state index in [9.17, 15) is 9.59 Å². The summed E-state index contributed by atoms with van der Waals surface area (Å²) < 4.78 is 5.83. The molecule has 96 valence electrons. The van der Waals surface area contributed by atoms with Gasteiger partial charge in [0.05, 0.1) is 18.8 Å². The number of hydrogen-bond donors (Lipinski definition) is 0. The SMILES string of the molecule is CCOC(=O)C1CN(c2ccccc2Br)CC1=O. The van der Waals surface area contributed by atoms with Crippen LogP contribution in [0.4, 0.5) is 5.69 Å². The Hall–Kier alpha value is -1.36. The summed E-state index contributed by atoms with van der Waals surface area (Å²) in [6.45, 7) is 2.69. The van der Waals surface area contributed by atoms with E-state index in [1.807, 2.05) is 29.2 Å². The smallest absolute Gasteiger partial charge is 0.318 e. The van der Waals surface area contributed by atoms with Crippen LogP contribution in [0.3, 0.4) is 0 Å². The highest BCUT2D eigenvalue weighted by Crippen LogP contribution is 2.29. The highest BCUT2D eigenvalue weighted by Gasteiger charge is 2.37. The number of carbonyl (C=O) groups excluding carboxylic acids is 2. The maximum Gasteiger partial charge on any atom is 0.318 e. The number of carbonyl (C=O) groups is 2. The van der Waals surface area contributed by atoms with Crippen molar-refractivity contribution in [2.75, 3.05) is 24.6 Å². The monoisotopic (exact) mass is 311 g/mol. The molecule has 0 aliphatic carbocycles. The minimum Gasteiger partial charge on any atom is -0.465 e. The largest absolute Gasteiger partial charge is 0.465 e. The van der Waals surface area contributed by atoms with Crippen LogP contribution in [0.25, 0.3) is 0 Å². The van der Waals surface area contributed by atoms with E-state index < -0.39 is 11.9 Å². The molecule has 1 atom stereocenters. The Morgan fingerprint density at radius 3 is 2.89 bits per heavy atom. The van der Waals surface area contributed by atoms with Gasteiger partial charge in [-0.3, -0.25) is 9.59 Å². The molecule has 1 aromatic rings. The molecule has 0 spiro atoms. The molecular weight excluding hydrogens is 298 g/mol. The summed E-state index contributed by atoms with van der Waals surface area (Å²) >= 11 is 3.44. The van der Waals surface area contributed by atoms with Gasteiger partial charge in [-0.2, -0.15) is 0 Å². The highest BCUT2D eigenvalue weighted by atomic mass is 79.9. The van der Waals surface area contributed by atoms with Gasteiger partial charge in [-0.1, -0.05) is 12.1 Å². The maximum atomic E-state index is 11.8. The van der Waals surface area contributed by atoms with Crippen LogP contribution in [0.1, 0.15) is 6.92 Å². The van der Waals surface area contributed by atoms with E-state index in [4.69, 9.17) is 4.74 Å². The van der Waals surface area contributed by atoms with Crippen LogP contribution in [0.5, 0.6) is 0 Å². The van der Waals surface area contributed by atoms with Crippen molar-refractivity contribution in [3.63, 3.8) is 0 Å². The first-order valence-electron chi connectivity index (χ1n) is 5.82. The number of esters is 1. The lowest BCUT2D eigenvalue weighted by Gasteiger charge is -2.18. The van der Waals surface area contributed by atoms with Gasteiger partial charge in [0.25, 0.3) is 0 Å². The fraction of sp³-hybridized carbons (Fsp3) is 0.385. The molecule has 1 heterocycles. The van der Waals surface area contributed by atoms with E-state index in [0.29, 0.717) is 13.2 Å². The van der Waals surface area contributed by atoms with E-state index >= 15 is 0 Å². The van der Waals surface area contributed by atoms with Crippen molar-refractivity contribution in [3.05, 3.63) is 28.7 Å². The van der Waals surface area contributed by atoms with Crippen LogP contribution in [0, 0.1) is 5.92 Å². The molecule has 1 aliphatic heterocycles. The van der Waals surface area contributed by atoms with Gasteiger partial charge >= 0.3 is 5.97 Å². The zero-order valence-electron chi connectivity index (χ0n) is 10.1. The Labute approximate surface area is 114 Å². The topological polar surface area (TPSA) is 46.6 Å². The van der Waals surface area contributed by atoms with Crippen molar-refractivity contribution in [1.29, 1.82) is 0 Å². The predicted molar refractivity (Wildman–Crippen MR) is 71.5 cm³/mol. The van der Waals surface area contributed by atoms with Gasteiger partial charge in [0, 0.05) is 11.0 Å². The lowest BCUT2D eigenvalue weighted by molar-refractivity contribution is -0.149. The number of Topliss-reactive ketones (excluding diaryl/α,β-unsaturated/α-hetero) is 1. The molecule has 1 aliphatic rings. The molecule has 1 unspecified atom stereocenters. The van der Waals surface area contributed by atoms with Gasteiger partial charge < -0.3 is 9.64 Å². The van der Waals surface area contributed by atoms with E-state index in [2.05, 4.69) is 15.9 Å². The molecule has 4 nitrogen and oxygen atoms in total. The number of anilines is 1. The summed E-state index contributed by atoms with van der Waals surface area (Å²) in [7, 11) is 0. The highest BCUT2D eigenvalue weighted by molar-refractivity contribution is 9.10. The first-order chi connectivity index (χ1) is 8.63. The molecule has 18 heavy (non-hydrogen) atoms. The van der Waals surface area contributed by atoms with Crippen molar-refractivity contribution in [1.82, 2.24) is 0 Å². The molecule has 0 radical (unpaired) electrons. The number of halogens is 1. The van der Waals surface area contributed by atoms with Gasteiger partial charge in [-0.15, -0.1) is 0 Å². The summed E-state index contributed by atoms with van der Waals surface area (Å²) in [5.74, 6) is -1.15. The molecule has 0 amide bonds. The van der Waals surface area contributed by atoms with Crippen molar-refractivity contribution in [2.45, 2.75) is 6.92 Å². The fourth-order valence-electron chi connectivity index (χ4n) is 2.03. The van der Waals surface area contributed by atoms with Gasteiger partial charge in [0.1, 0.15) is 5.92 Å². The molecular formula is C13H14BrNO3.